The number of ketones is 1. The van der Waals surface area contributed by atoms with Gasteiger partial charge in [0.25, 0.3) is 0 Å². The highest BCUT2D eigenvalue weighted by molar-refractivity contribution is 5.96. The van der Waals surface area contributed by atoms with Crippen molar-refractivity contribution in [1.82, 2.24) is 0 Å². The van der Waals surface area contributed by atoms with Crippen LogP contribution in [0.4, 0.5) is 0 Å². The number of carbonyl (C=O) groups is 1. The Morgan fingerprint density at radius 1 is 1.37 bits per heavy atom. The summed E-state index contributed by atoms with van der Waals surface area (Å²) in [5.41, 5.74) is 6.96. The zero-order chi connectivity index (χ0) is 13.7. The Bertz CT molecular complexity index is 425. The smallest absolute Gasteiger partial charge is 0.163 e. The lowest BCUT2D eigenvalue weighted by Gasteiger charge is -2.12. The lowest BCUT2D eigenvalue weighted by atomic mass is 9.95. The average Bonchev–Trinajstić information content (AvgIpc) is 2.92. The lowest BCUT2D eigenvalue weighted by Crippen LogP contribution is -2.09. The van der Waals surface area contributed by atoms with Gasteiger partial charge in [0.2, 0.25) is 0 Å². The second-order valence-corrected chi connectivity index (χ2v) is 5.50. The molecule has 0 spiro atoms. The second kappa shape index (κ2) is 6.83. The number of carbonyl (C=O) groups excluding carboxylic acids is 1. The van der Waals surface area contributed by atoms with Crippen LogP contribution in [0.3, 0.4) is 0 Å². The minimum atomic E-state index is -0.566. The van der Waals surface area contributed by atoms with Gasteiger partial charge in [-0.2, -0.15) is 0 Å². The van der Waals surface area contributed by atoms with Gasteiger partial charge in [0, 0.05) is 12.0 Å². The van der Waals surface area contributed by atoms with Crippen molar-refractivity contribution in [2.75, 3.05) is 6.54 Å². The first-order valence-corrected chi connectivity index (χ1v) is 7.22. The van der Waals surface area contributed by atoms with E-state index in [4.69, 9.17) is 5.73 Å². The summed E-state index contributed by atoms with van der Waals surface area (Å²) in [5.74, 6) is 0.763. The van der Waals surface area contributed by atoms with Crippen LogP contribution in [0, 0.1) is 5.92 Å². The number of aliphatic hydroxyl groups is 1. The number of benzene rings is 1. The van der Waals surface area contributed by atoms with Crippen LogP contribution in [-0.2, 0) is 0 Å². The normalized spacial score (nSPS) is 17.6. The monoisotopic (exact) mass is 261 g/mol. The maximum atomic E-state index is 12.2. The Hall–Kier alpha value is -1.19. The molecule has 0 aromatic heterocycles. The van der Waals surface area contributed by atoms with Gasteiger partial charge in [-0.05, 0) is 30.5 Å². The van der Waals surface area contributed by atoms with E-state index in [0.29, 0.717) is 25.3 Å². The average molecular weight is 261 g/mol. The van der Waals surface area contributed by atoms with Gasteiger partial charge < -0.3 is 10.8 Å². The molecule has 1 aromatic rings. The summed E-state index contributed by atoms with van der Waals surface area (Å²) in [6, 6.07) is 7.36. The van der Waals surface area contributed by atoms with E-state index >= 15 is 0 Å². The van der Waals surface area contributed by atoms with Gasteiger partial charge in [-0.15, -0.1) is 0 Å². The van der Waals surface area contributed by atoms with Crippen molar-refractivity contribution in [2.24, 2.45) is 11.7 Å². The highest BCUT2D eigenvalue weighted by Gasteiger charge is 2.19. The molecule has 0 bridgehead atoms. The molecule has 3 heteroatoms. The van der Waals surface area contributed by atoms with Gasteiger partial charge in [-0.3, -0.25) is 4.79 Å². The summed E-state index contributed by atoms with van der Waals surface area (Å²) < 4.78 is 0. The molecule has 0 heterocycles. The minimum absolute atomic E-state index is 0.202. The maximum Gasteiger partial charge on any atom is 0.163 e. The van der Waals surface area contributed by atoms with Gasteiger partial charge in [-0.25, -0.2) is 0 Å². The van der Waals surface area contributed by atoms with Gasteiger partial charge >= 0.3 is 0 Å². The van der Waals surface area contributed by atoms with Crippen LogP contribution in [0.15, 0.2) is 24.3 Å². The number of hydrogen-bond donors (Lipinski definition) is 2. The van der Waals surface area contributed by atoms with Crippen molar-refractivity contribution in [2.45, 2.75) is 44.6 Å². The first-order valence-electron chi connectivity index (χ1n) is 7.22. The molecule has 3 nitrogen and oxygen atoms in total. The molecular formula is C16H23NO2. The summed E-state index contributed by atoms with van der Waals surface area (Å²) in [6.45, 7) is 0.446. The van der Waals surface area contributed by atoms with Crippen LogP contribution in [0.2, 0.25) is 0 Å². The van der Waals surface area contributed by atoms with Crippen LogP contribution < -0.4 is 5.73 Å². The Balaban J connectivity index is 2.02. The molecule has 0 aliphatic heterocycles. The molecule has 1 aliphatic rings. The standard InChI is InChI=1S/C16H23NO2/c17-9-8-15(18)13-6-3-7-14(11-13)16(19)10-12-4-1-2-5-12/h3,6-7,11-12,15,18H,1-2,4-5,8-10,17H2. The molecule has 0 amide bonds. The third-order valence-electron chi connectivity index (χ3n) is 3.98. The van der Waals surface area contributed by atoms with Crippen molar-refractivity contribution in [3.8, 4) is 0 Å². The van der Waals surface area contributed by atoms with Gasteiger partial charge in [-0.1, -0.05) is 43.9 Å². The van der Waals surface area contributed by atoms with E-state index in [1.807, 2.05) is 24.3 Å². The second-order valence-electron chi connectivity index (χ2n) is 5.50. The zero-order valence-electron chi connectivity index (χ0n) is 11.3. The molecule has 1 aliphatic carbocycles. The Morgan fingerprint density at radius 3 is 2.79 bits per heavy atom. The third kappa shape index (κ3) is 3.88. The SMILES string of the molecule is NCCC(O)c1cccc(C(=O)CC2CCCC2)c1. The van der Waals surface area contributed by atoms with E-state index in [0.717, 1.165) is 11.1 Å². The van der Waals surface area contributed by atoms with E-state index in [-0.39, 0.29) is 5.78 Å². The highest BCUT2D eigenvalue weighted by atomic mass is 16.3. The molecule has 1 atom stereocenters. The van der Waals surface area contributed by atoms with Crippen LogP contribution in [-0.4, -0.2) is 17.4 Å². The number of Topliss-reactive ketones (excluding diaryl/α,β-unsaturated/α-hetero) is 1. The minimum Gasteiger partial charge on any atom is -0.388 e. The number of hydrogen-bond acceptors (Lipinski definition) is 3. The van der Waals surface area contributed by atoms with Crippen LogP contribution in [0.5, 0.6) is 0 Å². The number of nitrogens with two attached hydrogens (primary N) is 1. The first-order chi connectivity index (χ1) is 9.20. The maximum absolute atomic E-state index is 12.2. The van der Waals surface area contributed by atoms with Gasteiger partial charge in [0.05, 0.1) is 6.10 Å². The molecule has 2 rings (SSSR count). The molecule has 19 heavy (non-hydrogen) atoms. The Labute approximate surface area is 114 Å². The van der Waals surface area contributed by atoms with Crippen LogP contribution in [0.25, 0.3) is 0 Å². The van der Waals surface area contributed by atoms with E-state index in [2.05, 4.69) is 0 Å². The fourth-order valence-corrected chi connectivity index (χ4v) is 2.84. The van der Waals surface area contributed by atoms with Crippen molar-refractivity contribution in [1.29, 1.82) is 0 Å². The molecule has 1 saturated carbocycles. The molecule has 104 valence electrons. The third-order valence-corrected chi connectivity index (χ3v) is 3.98. The van der Waals surface area contributed by atoms with E-state index in [1.165, 1.54) is 25.7 Å². The molecule has 3 N–H and O–H groups in total. The lowest BCUT2D eigenvalue weighted by molar-refractivity contribution is 0.0961. The number of aliphatic hydroxyl groups excluding tert-OH is 1. The zero-order valence-corrected chi connectivity index (χ0v) is 11.3. The Morgan fingerprint density at radius 2 is 2.11 bits per heavy atom. The van der Waals surface area contributed by atoms with Crippen LogP contribution in [0.1, 0.15) is 60.6 Å². The quantitative estimate of drug-likeness (QED) is 0.774. The molecule has 1 fully saturated rings. The van der Waals surface area contributed by atoms with Gasteiger partial charge in [0.15, 0.2) is 5.78 Å². The van der Waals surface area contributed by atoms with E-state index in [9.17, 15) is 9.90 Å². The largest absolute Gasteiger partial charge is 0.388 e. The summed E-state index contributed by atoms with van der Waals surface area (Å²) in [6.07, 6.45) is 5.49. The van der Waals surface area contributed by atoms with Crippen LogP contribution >= 0.6 is 0 Å². The van der Waals surface area contributed by atoms with Crippen molar-refractivity contribution < 1.29 is 9.90 Å². The summed E-state index contributed by atoms with van der Waals surface area (Å²) in [5, 5.41) is 9.92. The van der Waals surface area contributed by atoms with E-state index < -0.39 is 6.10 Å². The predicted molar refractivity (Wildman–Crippen MR) is 76.0 cm³/mol. The van der Waals surface area contributed by atoms with Gasteiger partial charge in [0.1, 0.15) is 0 Å². The Kier molecular flexibility index (Phi) is 5.11. The fourth-order valence-electron chi connectivity index (χ4n) is 2.84. The highest BCUT2D eigenvalue weighted by Crippen LogP contribution is 2.29. The summed E-state index contributed by atoms with van der Waals surface area (Å²) in [7, 11) is 0. The summed E-state index contributed by atoms with van der Waals surface area (Å²) >= 11 is 0. The topological polar surface area (TPSA) is 63.3 Å². The molecule has 0 radical (unpaired) electrons. The van der Waals surface area contributed by atoms with E-state index in [1.54, 1.807) is 0 Å². The molecule has 1 aromatic carbocycles. The fraction of sp³-hybridized carbons (Fsp3) is 0.562. The first kappa shape index (κ1) is 14.2. The molecule has 0 saturated heterocycles. The molecular weight excluding hydrogens is 238 g/mol. The predicted octanol–water partition coefficient (Wildman–Crippen LogP) is 2.83. The summed E-state index contributed by atoms with van der Waals surface area (Å²) in [4.78, 5) is 12.2. The number of rotatable bonds is 6. The van der Waals surface area contributed by atoms with Crippen molar-refractivity contribution in [3.05, 3.63) is 35.4 Å². The molecule has 1 unspecified atom stereocenters. The van der Waals surface area contributed by atoms with Crippen molar-refractivity contribution >= 4 is 5.78 Å². The van der Waals surface area contributed by atoms with Crippen molar-refractivity contribution in [3.63, 3.8) is 0 Å².